The van der Waals surface area contributed by atoms with Crippen LogP contribution in [0.2, 0.25) is 5.15 Å². The lowest BCUT2D eigenvalue weighted by Crippen LogP contribution is -2.28. The minimum atomic E-state index is -0.482. The van der Waals surface area contributed by atoms with Crippen molar-refractivity contribution in [1.82, 2.24) is 14.7 Å². The van der Waals surface area contributed by atoms with Gasteiger partial charge in [-0.1, -0.05) is 23.7 Å². The summed E-state index contributed by atoms with van der Waals surface area (Å²) in [5.41, 5.74) is 1.44. The van der Waals surface area contributed by atoms with Crippen LogP contribution in [-0.4, -0.2) is 22.4 Å². The molecule has 0 fully saturated rings. The fourth-order valence-corrected chi connectivity index (χ4v) is 2.73. The van der Waals surface area contributed by atoms with Gasteiger partial charge in [-0.05, 0) is 36.8 Å². The number of carbonyl (C=O) groups is 1. The highest BCUT2D eigenvalue weighted by Gasteiger charge is 2.20. The van der Waals surface area contributed by atoms with E-state index in [0.717, 1.165) is 0 Å². The molecule has 1 N–H and O–H groups in total. The molecule has 24 heavy (non-hydrogen) atoms. The Labute approximate surface area is 143 Å². The zero-order valence-corrected chi connectivity index (χ0v) is 13.8. The predicted octanol–water partition coefficient (Wildman–Crippen LogP) is 3.63. The van der Waals surface area contributed by atoms with Crippen LogP contribution in [0.4, 0.5) is 4.39 Å². The van der Waals surface area contributed by atoms with Crippen LogP contribution in [0.5, 0.6) is 5.75 Å². The minimum absolute atomic E-state index is 0.117. The molecule has 0 aliphatic rings. The number of nitrogens with one attached hydrogen (secondary N) is 1. The number of nitrogens with zero attached hydrogens (tertiary/aromatic N) is 2. The van der Waals surface area contributed by atoms with Gasteiger partial charge in [0, 0.05) is 6.20 Å². The summed E-state index contributed by atoms with van der Waals surface area (Å²) in [4.78, 5) is 16.7. The van der Waals surface area contributed by atoms with Crippen LogP contribution in [0.25, 0.3) is 5.65 Å². The molecule has 0 radical (unpaired) electrons. The largest absolute Gasteiger partial charge is 0.494 e. The Kier molecular flexibility index (Phi) is 4.40. The molecule has 124 valence electrons. The molecule has 2 aromatic heterocycles. The Bertz CT molecular complexity index is 910. The van der Waals surface area contributed by atoms with E-state index in [-0.39, 0.29) is 22.5 Å². The standard InChI is InChI=1S/C17H15ClFN3O2/c1-10(11-6-7-13(24-2)12(19)9-11)20-17(23)15-16(18)21-14-5-3-4-8-22(14)15/h3-10H,1-2H3,(H,20,23)/t10-/m0/s1. The van der Waals surface area contributed by atoms with Crippen molar-refractivity contribution in [2.45, 2.75) is 13.0 Å². The molecule has 1 aromatic carbocycles. The van der Waals surface area contributed by atoms with Crippen molar-refractivity contribution in [2.24, 2.45) is 0 Å². The van der Waals surface area contributed by atoms with E-state index in [0.29, 0.717) is 11.2 Å². The van der Waals surface area contributed by atoms with E-state index >= 15 is 0 Å². The molecule has 0 aliphatic carbocycles. The predicted molar refractivity (Wildman–Crippen MR) is 89.0 cm³/mol. The Hall–Kier alpha value is -2.60. The van der Waals surface area contributed by atoms with Gasteiger partial charge in [0.15, 0.2) is 22.4 Å². The van der Waals surface area contributed by atoms with Crippen molar-refractivity contribution in [2.75, 3.05) is 7.11 Å². The van der Waals surface area contributed by atoms with E-state index < -0.39 is 11.9 Å². The molecule has 1 amide bonds. The fraction of sp³-hybridized carbons (Fsp3) is 0.176. The summed E-state index contributed by atoms with van der Waals surface area (Å²) in [6, 6.07) is 9.48. The third kappa shape index (κ3) is 2.92. The maximum Gasteiger partial charge on any atom is 0.272 e. The topological polar surface area (TPSA) is 55.6 Å². The fourth-order valence-electron chi connectivity index (χ4n) is 2.47. The molecule has 3 aromatic rings. The average Bonchev–Trinajstić information content (AvgIpc) is 2.90. The number of halogens is 2. The van der Waals surface area contributed by atoms with E-state index in [1.165, 1.54) is 19.2 Å². The van der Waals surface area contributed by atoms with Crippen LogP contribution in [0, 0.1) is 5.82 Å². The van der Waals surface area contributed by atoms with Crippen LogP contribution < -0.4 is 10.1 Å². The molecule has 7 heteroatoms. The third-order valence-electron chi connectivity index (χ3n) is 3.73. The number of imidazole rings is 1. The lowest BCUT2D eigenvalue weighted by atomic mass is 10.1. The van der Waals surface area contributed by atoms with E-state index in [1.54, 1.807) is 35.7 Å². The highest BCUT2D eigenvalue weighted by Crippen LogP contribution is 2.23. The summed E-state index contributed by atoms with van der Waals surface area (Å²) in [6.07, 6.45) is 1.71. The molecular weight excluding hydrogens is 333 g/mol. The van der Waals surface area contributed by atoms with Gasteiger partial charge >= 0.3 is 0 Å². The first-order valence-corrected chi connectivity index (χ1v) is 7.66. The van der Waals surface area contributed by atoms with Gasteiger partial charge < -0.3 is 10.1 Å². The van der Waals surface area contributed by atoms with Crippen molar-refractivity contribution in [1.29, 1.82) is 0 Å². The molecular formula is C17H15ClFN3O2. The number of methoxy groups -OCH3 is 1. The molecule has 0 bridgehead atoms. The van der Waals surface area contributed by atoms with Gasteiger partial charge in [0.2, 0.25) is 0 Å². The molecule has 0 unspecified atom stereocenters. The number of benzene rings is 1. The lowest BCUT2D eigenvalue weighted by molar-refractivity contribution is 0.0934. The number of carbonyl (C=O) groups excluding carboxylic acids is 1. The van der Waals surface area contributed by atoms with Crippen molar-refractivity contribution < 1.29 is 13.9 Å². The molecule has 2 heterocycles. The third-order valence-corrected chi connectivity index (χ3v) is 3.99. The number of aromatic nitrogens is 2. The van der Waals surface area contributed by atoms with Crippen molar-refractivity contribution >= 4 is 23.2 Å². The van der Waals surface area contributed by atoms with Gasteiger partial charge in [0.25, 0.3) is 5.91 Å². The molecule has 0 saturated heterocycles. The first-order valence-electron chi connectivity index (χ1n) is 7.28. The smallest absolute Gasteiger partial charge is 0.272 e. The van der Waals surface area contributed by atoms with Crippen molar-refractivity contribution in [3.63, 3.8) is 0 Å². The molecule has 0 spiro atoms. The SMILES string of the molecule is COc1ccc([C@H](C)NC(=O)c2c(Cl)nc3ccccn23)cc1F. The number of pyridine rings is 1. The Balaban J connectivity index is 1.86. The molecule has 5 nitrogen and oxygen atoms in total. The second kappa shape index (κ2) is 6.49. The van der Waals surface area contributed by atoms with Crippen molar-refractivity contribution in [3.05, 3.63) is 64.8 Å². The van der Waals surface area contributed by atoms with Crippen LogP contribution in [0.1, 0.15) is 29.0 Å². The number of fused-ring (bicyclic) bond motifs is 1. The van der Waals surface area contributed by atoms with E-state index in [4.69, 9.17) is 16.3 Å². The Morgan fingerprint density at radius 2 is 2.17 bits per heavy atom. The number of amides is 1. The summed E-state index contributed by atoms with van der Waals surface area (Å²) in [6.45, 7) is 1.76. The van der Waals surface area contributed by atoms with Crippen LogP contribution in [0.15, 0.2) is 42.6 Å². The van der Waals surface area contributed by atoms with E-state index in [1.807, 2.05) is 6.07 Å². The second-order valence-electron chi connectivity index (χ2n) is 5.27. The van der Waals surface area contributed by atoms with Gasteiger partial charge in [0.05, 0.1) is 13.2 Å². The number of rotatable bonds is 4. The summed E-state index contributed by atoms with van der Waals surface area (Å²) in [5, 5.41) is 2.92. The normalized spacial score (nSPS) is 12.2. The Morgan fingerprint density at radius 3 is 2.88 bits per heavy atom. The zero-order valence-electron chi connectivity index (χ0n) is 13.1. The first-order chi connectivity index (χ1) is 11.5. The van der Waals surface area contributed by atoms with E-state index in [2.05, 4.69) is 10.3 Å². The zero-order chi connectivity index (χ0) is 17.3. The van der Waals surface area contributed by atoms with E-state index in [9.17, 15) is 9.18 Å². The second-order valence-corrected chi connectivity index (χ2v) is 5.63. The maximum absolute atomic E-state index is 13.8. The number of hydrogen-bond acceptors (Lipinski definition) is 3. The average molecular weight is 348 g/mol. The van der Waals surface area contributed by atoms with Crippen LogP contribution in [0.3, 0.4) is 0 Å². The van der Waals surface area contributed by atoms with Gasteiger partial charge in [0.1, 0.15) is 5.65 Å². The van der Waals surface area contributed by atoms with Crippen LogP contribution in [-0.2, 0) is 0 Å². The highest BCUT2D eigenvalue weighted by atomic mass is 35.5. The summed E-state index contributed by atoms with van der Waals surface area (Å²) in [5.74, 6) is -0.714. The number of ether oxygens (including phenoxy) is 1. The van der Waals surface area contributed by atoms with Crippen molar-refractivity contribution in [3.8, 4) is 5.75 Å². The minimum Gasteiger partial charge on any atom is -0.494 e. The summed E-state index contributed by atoms with van der Waals surface area (Å²) < 4.78 is 20.3. The van der Waals surface area contributed by atoms with Gasteiger partial charge in [-0.2, -0.15) is 0 Å². The van der Waals surface area contributed by atoms with Gasteiger partial charge in [-0.15, -0.1) is 0 Å². The lowest BCUT2D eigenvalue weighted by Gasteiger charge is -2.15. The van der Waals surface area contributed by atoms with Gasteiger partial charge in [-0.3, -0.25) is 9.20 Å². The molecule has 0 aliphatic heterocycles. The van der Waals surface area contributed by atoms with Crippen LogP contribution >= 0.6 is 11.6 Å². The molecule has 3 rings (SSSR count). The quantitative estimate of drug-likeness (QED) is 0.784. The summed E-state index contributed by atoms with van der Waals surface area (Å²) in [7, 11) is 1.40. The summed E-state index contributed by atoms with van der Waals surface area (Å²) >= 11 is 6.09. The maximum atomic E-state index is 13.8. The Morgan fingerprint density at radius 1 is 1.38 bits per heavy atom. The monoisotopic (exact) mass is 347 g/mol. The number of hydrogen-bond donors (Lipinski definition) is 1. The molecule has 1 atom stereocenters. The highest BCUT2D eigenvalue weighted by molar-refractivity contribution is 6.32. The van der Waals surface area contributed by atoms with Gasteiger partial charge in [-0.25, -0.2) is 9.37 Å². The first kappa shape index (κ1) is 16.3. The molecule has 0 saturated carbocycles.